The molecule has 1 aromatic rings. The highest BCUT2D eigenvalue weighted by atomic mass is 32.2. The highest BCUT2D eigenvalue weighted by Crippen LogP contribution is 2.29. The van der Waals surface area contributed by atoms with E-state index >= 15 is 0 Å². The van der Waals surface area contributed by atoms with Crippen LogP contribution in [0.3, 0.4) is 0 Å². The topological polar surface area (TPSA) is 51.0 Å². The van der Waals surface area contributed by atoms with Crippen molar-refractivity contribution in [2.75, 3.05) is 18.8 Å². The Morgan fingerprint density at radius 2 is 2.44 bits per heavy atom. The van der Waals surface area contributed by atoms with Crippen molar-refractivity contribution in [2.24, 2.45) is 0 Å². The highest BCUT2D eigenvalue weighted by Gasteiger charge is 2.24. The van der Waals surface area contributed by atoms with E-state index in [0.29, 0.717) is 11.2 Å². The van der Waals surface area contributed by atoms with Gasteiger partial charge in [-0.25, -0.2) is 0 Å². The second kappa shape index (κ2) is 4.75. The van der Waals surface area contributed by atoms with E-state index in [1.165, 1.54) is 18.6 Å². The van der Waals surface area contributed by atoms with Crippen LogP contribution in [0.25, 0.3) is 0 Å². The average molecular weight is 239 g/mol. The summed E-state index contributed by atoms with van der Waals surface area (Å²) in [6, 6.07) is 0. The summed E-state index contributed by atoms with van der Waals surface area (Å²) in [5.41, 5.74) is 0. The first-order valence-electron chi connectivity index (χ1n) is 6.06. The fourth-order valence-electron chi connectivity index (χ4n) is 2.39. The van der Waals surface area contributed by atoms with Crippen LogP contribution in [0.4, 0.5) is 0 Å². The van der Waals surface area contributed by atoms with E-state index < -0.39 is 0 Å². The zero-order valence-electron chi connectivity index (χ0n) is 9.32. The third kappa shape index (κ3) is 2.25. The van der Waals surface area contributed by atoms with Gasteiger partial charge < -0.3 is 9.84 Å². The summed E-state index contributed by atoms with van der Waals surface area (Å²) in [7, 11) is 0. The van der Waals surface area contributed by atoms with Crippen LogP contribution in [0.1, 0.15) is 36.9 Å². The van der Waals surface area contributed by atoms with Gasteiger partial charge in [0.15, 0.2) is 5.82 Å². The SMILES string of the molecule is C1CSC(Cc2noc(C3CCNC3)n2)C1. The molecule has 5 heteroatoms. The molecule has 3 rings (SSSR count). The van der Waals surface area contributed by atoms with E-state index in [1.54, 1.807) is 0 Å². The Balaban J connectivity index is 1.62. The van der Waals surface area contributed by atoms with Crippen LogP contribution in [0.5, 0.6) is 0 Å². The van der Waals surface area contributed by atoms with Crippen LogP contribution in [0, 0.1) is 0 Å². The second-order valence-electron chi connectivity index (χ2n) is 4.58. The largest absolute Gasteiger partial charge is 0.339 e. The van der Waals surface area contributed by atoms with E-state index in [4.69, 9.17) is 4.52 Å². The molecule has 88 valence electrons. The maximum Gasteiger partial charge on any atom is 0.231 e. The van der Waals surface area contributed by atoms with Gasteiger partial charge in [-0.3, -0.25) is 0 Å². The maximum atomic E-state index is 5.35. The second-order valence-corrected chi connectivity index (χ2v) is 5.99. The predicted molar refractivity (Wildman–Crippen MR) is 63.7 cm³/mol. The number of nitrogens with one attached hydrogen (secondary N) is 1. The number of hydrogen-bond acceptors (Lipinski definition) is 5. The molecule has 3 heterocycles. The third-order valence-electron chi connectivity index (χ3n) is 3.33. The van der Waals surface area contributed by atoms with Gasteiger partial charge in [0.05, 0.1) is 5.92 Å². The van der Waals surface area contributed by atoms with Gasteiger partial charge in [-0.05, 0) is 31.6 Å². The van der Waals surface area contributed by atoms with Crippen LogP contribution in [0.15, 0.2) is 4.52 Å². The van der Waals surface area contributed by atoms with E-state index in [9.17, 15) is 0 Å². The van der Waals surface area contributed by atoms with Gasteiger partial charge in [0.1, 0.15) is 0 Å². The standard InChI is InChI=1S/C11H17N3OS/c1-2-9(16-5-1)6-10-13-11(15-14-10)8-3-4-12-7-8/h8-9,12H,1-7H2. The molecule has 2 unspecified atom stereocenters. The Kier molecular flexibility index (Phi) is 3.15. The quantitative estimate of drug-likeness (QED) is 0.868. The monoisotopic (exact) mass is 239 g/mol. The highest BCUT2D eigenvalue weighted by molar-refractivity contribution is 8.00. The number of nitrogens with zero attached hydrogens (tertiary/aromatic N) is 2. The lowest BCUT2D eigenvalue weighted by Gasteiger charge is -2.02. The molecule has 2 fully saturated rings. The molecule has 2 aliphatic rings. The molecular weight excluding hydrogens is 222 g/mol. The minimum atomic E-state index is 0.442. The van der Waals surface area contributed by atoms with Crippen molar-refractivity contribution in [1.29, 1.82) is 0 Å². The van der Waals surface area contributed by atoms with E-state index in [0.717, 1.165) is 37.6 Å². The molecule has 0 saturated carbocycles. The minimum absolute atomic E-state index is 0.442. The molecule has 4 nitrogen and oxygen atoms in total. The molecule has 0 aliphatic carbocycles. The molecule has 0 amide bonds. The van der Waals surface area contributed by atoms with E-state index in [1.807, 2.05) is 11.8 Å². The summed E-state index contributed by atoms with van der Waals surface area (Å²) in [5, 5.41) is 8.13. The first kappa shape index (κ1) is 10.6. The Bertz CT molecular complexity index is 343. The summed E-state index contributed by atoms with van der Waals surface area (Å²) in [6.45, 7) is 2.06. The van der Waals surface area contributed by atoms with Gasteiger partial charge in [-0.1, -0.05) is 5.16 Å². The lowest BCUT2D eigenvalue weighted by molar-refractivity contribution is 0.354. The predicted octanol–water partition coefficient (Wildman–Crippen LogP) is 1.58. The van der Waals surface area contributed by atoms with E-state index in [-0.39, 0.29) is 0 Å². The molecule has 2 saturated heterocycles. The lowest BCUT2D eigenvalue weighted by Crippen LogP contribution is -2.08. The van der Waals surface area contributed by atoms with Crippen molar-refractivity contribution in [1.82, 2.24) is 15.5 Å². The van der Waals surface area contributed by atoms with Crippen LogP contribution in [0.2, 0.25) is 0 Å². The first-order valence-corrected chi connectivity index (χ1v) is 7.11. The Hall–Kier alpha value is -0.550. The van der Waals surface area contributed by atoms with Crippen molar-refractivity contribution < 1.29 is 4.52 Å². The molecular formula is C11H17N3OS. The molecule has 2 aliphatic heterocycles. The van der Waals surface area contributed by atoms with Crippen molar-refractivity contribution >= 4 is 11.8 Å². The van der Waals surface area contributed by atoms with Crippen molar-refractivity contribution in [3.05, 3.63) is 11.7 Å². The van der Waals surface area contributed by atoms with Gasteiger partial charge in [0.2, 0.25) is 5.89 Å². The van der Waals surface area contributed by atoms with Gasteiger partial charge in [-0.2, -0.15) is 16.7 Å². The molecule has 16 heavy (non-hydrogen) atoms. The zero-order valence-corrected chi connectivity index (χ0v) is 10.1. The molecule has 0 aromatic carbocycles. The smallest absolute Gasteiger partial charge is 0.231 e. The van der Waals surface area contributed by atoms with Crippen molar-refractivity contribution in [2.45, 2.75) is 36.9 Å². The molecule has 0 bridgehead atoms. The lowest BCUT2D eigenvalue weighted by atomic mass is 10.1. The van der Waals surface area contributed by atoms with Crippen molar-refractivity contribution in [3.8, 4) is 0 Å². The van der Waals surface area contributed by atoms with Gasteiger partial charge >= 0.3 is 0 Å². The van der Waals surface area contributed by atoms with Gasteiger partial charge in [-0.15, -0.1) is 0 Å². The summed E-state index contributed by atoms with van der Waals surface area (Å²) in [6.07, 6.45) is 4.75. The Morgan fingerprint density at radius 1 is 1.44 bits per heavy atom. The molecule has 2 atom stereocenters. The first-order chi connectivity index (χ1) is 7.92. The molecule has 0 spiro atoms. The Morgan fingerprint density at radius 3 is 3.19 bits per heavy atom. The summed E-state index contributed by atoms with van der Waals surface area (Å²) in [5.74, 6) is 3.48. The van der Waals surface area contributed by atoms with Crippen molar-refractivity contribution in [3.63, 3.8) is 0 Å². The number of hydrogen-bond donors (Lipinski definition) is 1. The summed E-state index contributed by atoms with van der Waals surface area (Å²) < 4.78 is 5.35. The zero-order chi connectivity index (χ0) is 10.8. The third-order valence-corrected chi connectivity index (χ3v) is 4.73. The molecule has 1 N–H and O–H groups in total. The maximum absolute atomic E-state index is 5.35. The fourth-order valence-corrected chi connectivity index (χ4v) is 3.66. The minimum Gasteiger partial charge on any atom is -0.339 e. The summed E-state index contributed by atoms with van der Waals surface area (Å²) in [4.78, 5) is 4.52. The van der Waals surface area contributed by atoms with Gasteiger partial charge in [0.25, 0.3) is 0 Å². The Labute approximate surface area is 99.6 Å². The van der Waals surface area contributed by atoms with Crippen LogP contribution < -0.4 is 5.32 Å². The summed E-state index contributed by atoms with van der Waals surface area (Å²) >= 11 is 2.04. The number of aromatic nitrogens is 2. The number of thioether (sulfide) groups is 1. The van der Waals surface area contributed by atoms with Crippen LogP contribution in [-0.4, -0.2) is 34.2 Å². The molecule has 0 radical (unpaired) electrons. The molecule has 1 aromatic heterocycles. The fraction of sp³-hybridized carbons (Fsp3) is 0.818. The van der Waals surface area contributed by atoms with Crippen LogP contribution in [-0.2, 0) is 6.42 Å². The average Bonchev–Trinajstić information content (AvgIpc) is 2.99. The van der Waals surface area contributed by atoms with Crippen LogP contribution >= 0.6 is 11.8 Å². The van der Waals surface area contributed by atoms with Gasteiger partial charge in [0, 0.05) is 18.2 Å². The number of rotatable bonds is 3. The normalized spacial score (nSPS) is 30.0. The van der Waals surface area contributed by atoms with E-state index in [2.05, 4.69) is 15.5 Å².